The van der Waals surface area contributed by atoms with E-state index in [2.05, 4.69) is 19.2 Å². The standard InChI is InChI=1S/C16H23FN2O/c1-9-4-10(2)6-13(5-9)19-16(20)12-7-14(17)11(3)15(18)8-12/h7-10,13H,4-6,18H2,1-3H3,(H,19,20). The van der Waals surface area contributed by atoms with Crippen molar-refractivity contribution in [1.29, 1.82) is 0 Å². The van der Waals surface area contributed by atoms with Crippen LogP contribution >= 0.6 is 0 Å². The van der Waals surface area contributed by atoms with Crippen LogP contribution in [-0.4, -0.2) is 11.9 Å². The number of benzene rings is 1. The number of rotatable bonds is 2. The lowest BCUT2D eigenvalue weighted by Crippen LogP contribution is -2.40. The molecule has 3 nitrogen and oxygen atoms in total. The zero-order chi connectivity index (χ0) is 14.9. The number of nitrogen functional groups attached to an aromatic ring is 1. The molecule has 0 saturated heterocycles. The van der Waals surface area contributed by atoms with Crippen LogP contribution in [0.1, 0.15) is 49.0 Å². The zero-order valence-electron chi connectivity index (χ0n) is 12.4. The van der Waals surface area contributed by atoms with Crippen molar-refractivity contribution >= 4 is 11.6 Å². The number of anilines is 1. The van der Waals surface area contributed by atoms with E-state index in [4.69, 9.17) is 5.73 Å². The van der Waals surface area contributed by atoms with Crippen LogP contribution in [-0.2, 0) is 0 Å². The average molecular weight is 278 g/mol. The van der Waals surface area contributed by atoms with E-state index in [1.807, 2.05) is 0 Å². The van der Waals surface area contributed by atoms with Gasteiger partial charge in [0.1, 0.15) is 5.82 Å². The highest BCUT2D eigenvalue weighted by atomic mass is 19.1. The molecule has 2 atom stereocenters. The second-order valence-electron chi connectivity index (χ2n) is 6.26. The van der Waals surface area contributed by atoms with Crippen molar-refractivity contribution in [2.24, 2.45) is 11.8 Å². The first-order valence-corrected chi connectivity index (χ1v) is 7.23. The molecule has 0 aliphatic heterocycles. The number of amides is 1. The molecule has 1 amide bonds. The first kappa shape index (κ1) is 14.8. The molecule has 1 aromatic rings. The molecule has 2 unspecified atom stereocenters. The molecule has 2 rings (SSSR count). The van der Waals surface area contributed by atoms with Crippen LogP contribution in [0.2, 0.25) is 0 Å². The van der Waals surface area contributed by atoms with Crippen molar-refractivity contribution in [3.8, 4) is 0 Å². The van der Waals surface area contributed by atoms with E-state index in [-0.39, 0.29) is 11.9 Å². The number of halogens is 1. The predicted molar refractivity (Wildman–Crippen MR) is 79.0 cm³/mol. The van der Waals surface area contributed by atoms with E-state index in [9.17, 15) is 9.18 Å². The van der Waals surface area contributed by atoms with Gasteiger partial charge in [-0.3, -0.25) is 4.79 Å². The Bertz CT molecular complexity index is 482. The third-order valence-corrected chi connectivity index (χ3v) is 4.16. The molecular formula is C16H23FN2O. The normalized spacial score (nSPS) is 26.3. The van der Waals surface area contributed by atoms with E-state index in [1.165, 1.54) is 12.5 Å². The SMILES string of the molecule is Cc1c(N)cc(C(=O)NC2CC(C)CC(C)C2)cc1F. The lowest BCUT2D eigenvalue weighted by Gasteiger charge is -2.32. The second-order valence-corrected chi connectivity index (χ2v) is 6.26. The maximum absolute atomic E-state index is 13.6. The first-order chi connectivity index (χ1) is 9.36. The van der Waals surface area contributed by atoms with Gasteiger partial charge in [0.15, 0.2) is 0 Å². The first-order valence-electron chi connectivity index (χ1n) is 7.23. The quantitative estimate of drug-likeness (QED) is 0.816. The molecule has 3 N–H and O–H groups in total. The van der Waals surface area contributed by atoms with E-state index in [1.54, 1.807) is 13.0 Å². The van der Waals surface area contributed by atoms with Gasteiger partial charge in [0.05, 0.1) is 0 Å². The molecule has 1 aliphatic rings. The van der Waals surface area contributed by atoms with Crippen molar-refractivity contribution in [2.75, 3.05) is 5.73 Å². The van der Waals surface area contributed by atoms with Crippen molar-refractivity contribution in [2.45, 2.75) is 46.1 Å². The van der Waals surface area contributed by atoms with Crippen LogP contribution in [0.4, 0.5) is 10.1 Å². The molecule has 1 aliphatic carbocycles. The van der Waals surface area contributed by atoms with Crippen LogP contribution in [0.5, 0.6) is 0 Å². The summed E-state index contributed by atoms with van der Waals surface area (Å²) in [5.74, 6) is 0.565. The molecule has 1 aromatic carbocycles. The average Bonchev–Trinajstić information content (AvgIpc) is 2.33. The smallest absolute Gasteiger partial charge is 0.251 e. The Morgan fingerprint density at radius 1 is 1.25 bits per heavy atom. The fourth-order valence-electron chi connectivity index (χ4n) is 3.16. The fourth-order valence-corrected chi connectivity index (χ4v) is 3.16. The Morgan fingerprint density at radius 3 is 2.40 bits per heavy atom. The van der Waals surface area contributed by atoms with E-state index in [0.29, 0.717) is 28.7 Å². The summed E-state index contributed by atoms with van der Waals surface area (Å²) in [6.45, 7) is 6.02. The minimum atomic E-state index is -0.430. The van der Waals surface area contributed by atoms with Crippen LogP contribution in [0.15, 0.2) is 12.1 Å². The summed E-state index contributed by atoms with van der Waals surface area (Å²) in [5.41, 5.74) is 6.73. The van der Waals surface area contributed by atoms with Gasteiger partial charge < -0.3 is 11.1 Å². The summed E-state index contributed by atoms with van der Waals surface area (Å²) in [6.07, 6.45) is 3.18. The number of hydrogen-bond donors (Lipinski definition) is 2. The maximum atomic E-state index is 13.6. The highest BCUT2D eigenvalue weighted by molar-refractivity contribution is 5.95. The fraction of sp³-hybridized carbons (Fsp3) is 0.562. The summed E-state index contributed by atoms with van der Waals surface area (Å²) in [5, 5.41) is 3.01. The number of carbonyl (C=O) groups excluding carboxylic acids is 1. The van der Waals surface area contributed by atoms with Crippen LogP contribution in [0, 0.1) is 24.6 Å². The van der Waals surface area contributed by atoms with Gasteiger partial charge in [-0.25, -0.2) is 4.39 Å². The number of hydrogen-bond acceptors (Lipinski definition) is 2. The molecule has 1 fully saturated rings. The highest BCUT2D eigenvalue weighted by Gasteiger charge is 2.25. The Morgan fingerprint density at radius 2 is 1.85 bits per heavy atom. The Labute approximate surface area is 119 Å². The molecule has 110 valence electrons. The van der Waals surface area contributed by atoms with Crippen molar-refractivity contribution in [3.63, 3.8) is 0 Å². The van der Waals surface area contributed by atoms with Gasteiger partial charge in [0.25, 0.3) is 5.91 Å². The van der Waals surface area contributed by atoms with Gasteiger partial charge in [0.2, 0.25) is 0 Å². The highest BCUT2D eigenvalue weighted by Crippen LogP contribution is 2.28. The van der Waals surface area contributed by atoms with Crippen molar-refractivity contribution < 1.29 is 9.18 Å². The molecular weight excluding hydrogens is 255 g/mol. The molecule has 20 heavy (non-hydrogen) atoms. The minimum absolute atomic E-state index is 0.173. The van der Waals surface area contributed by atoms with Crippen LogP contribution < -0.4 is 11.1 Å². The van der Waals surface area contributed by atoms with Gasteiger partial charge >= 0.3 is 0 Å². The zero-order valence-corrected chi connectivity index (χ0v) is 12.4. The number of nitrogens with one attached hydrogen (secondary N) is 1. The molecule has 0 aromatic heterocycles. The van der Waals surface area contributed by atoms with Crippen LogP contribution in [0.25, 0.3) is 0 Å². The van der Waals surface area contributed by atoms with Crippen LogP contribution in [0.3, 0.4) is 0 Å². The van der Waals surface area contributed by atoms with Gasteiger partial charge in [-0.2, -0.15) is 0 Å². The third kappa shape index (κ3) is 3.30. The Hall–Kier alpha value is -1.58. The van der Waals surface area contributed by atoms with Gasteiger partial charge in [-0.15, -0.1) is 0 Å². The predicted octanol–water partition coefficient (Wildman–Crippen LogP) is 3.27. The monoisotopic (exact) mass is 278 g/mol. The largest absolute Gasteiger partial charge is 0.398 e. The lowest BCUT2D eigenvalue weighted by molar-refractivity contribution is 0.0911. The molecule has 0 heterocycles. The Kier molecular flexibility index (Phi) is 4.31. The second kappa shape index (κ2) is 5.81. The minimum Gasteiger partial charge on any atom is -0.398 e. The van der Waals surface area contributed by atoms with Gasteiger partial charge in [0, 0.05) is 22.9 Å². The lowest BCUT2D eigenvalue weighted by atomic mass is 9.80. The summed E-state index contributed by atoms with van der Waals surface area (Å²) >= 11 is 0. The summed E-state index contributed by atoms with van der Waals surface area (Å²) in [6, 6.07) is 2.98. The Balaban J connectivity index is 2.08. The van der Waals surface area contributed by atoms with Crippen molar-refractivity contribution in [1.82, 2.24) is 5.32 Å². The van der Waals surface area contributed by atoms with E-state index < -0.39 is 5.82 Å². The number of carbonyl (C=O) groups is 1. The maximum Gasteiger partial charge on any atom is 0.251 e. The van der Waals surface area contributed by atoms with E-state index in [0.717, 1.165) is 12.8 Å². The summed E-state index contributed by atoms with van der Waals surface area (Å²) < 4.78 is 13.6. The summed E-state index contributed by atoms with van der Waals surface area (Å²) in [7, 11) is 0. The van der Waals surface area contributed by atoms with Gasteiger partial charge in [-0.05, 0) is 50.2 Å². The number of nitrogens with two attached hydrogens (primary N) is 1. The van der Waals surface area contributed by atoms with Gasteiger partial charge in [-0.1, -0.05) is 13.8 Å². The molecule has 0 radical (unpaired) electrons. The third-order valence-electron chi connectivity index (χ3n) is 4.16. The molecule has 0 spiro atoms. The molecule has 1 saturated carbocycles. The van der Waals surface area contributed by atoms with E-state index >= 15 is 0 Å². The topological polar surface area (TPSA) is 55.1 Å². The molecule has 0 bridgehead atoms. The molecule has 4 heteroatoms. The summed E-state index contributed by atoms with van der Waals surface area (Å²) in [4.78, 5) is 12.2. The van der Waals surface area contributed by atoms with Crippen molar-refractivity contribution in [3.05, 3.63) is 29.1 Å².